The van der Waals surface area contributed by atoms with Crippen LogP contribution < -0.4 is 0 Å². The molecule has 0 saturated carbocycles. The van der Waals surface area contributed by atoms with Crippen LogP contribution in [0.5, 0.6) is 0 Å². The molecule has 0 amide bonds. The summed E-state index contributed by atoms with van der Waals surface area (Å²) in [6, 6.07) is 14.3. The van der Waals surface area contributed by atoms with Crippen LogP contribution in [0.1, 0.15) is 48.4 Å². The molecule has 3 rings (SSSR count). The van der Waals surface area contributed by atoms with Crippen molar-refractivity contribution in [2.45, 2.75) is 39.5 Å². The van der Waals surface area contributed by atoms with Gasteiger partial charge in [-0.15, -0.1) is 0 Å². The quantitative estimate of drug-likeness (QED) is 0.492. The van der Waals surface area contributed by atoms with Gasteiger partial charge in [-0.1, -0.05) is 0 Å². The van der Waals surface area contributed by atoms with Crippen LogP contribution in [0.25, 0.3) is 17.7 Å². The fraction of sp³-hybridized carbons (Fsp3) is 0.333. The van der Waals surface area contributed by atoms with Gasteiger partial charge in [-0.2, -0.15) is 0 Å². The van der Waals surface area contributed by atoms with Crippen molar-refractivity contribution in [3.8, 4) is 17.7 Å². The molecule has 3 aromatic heterocycles. The summed E-state index contributed by atoms with van der Waals surface area (Å²) in [5.74, 6) is 1.42. The van der Waals surface area contributed by atoms with Crippen LogP contribution >= 0.6 is 0 Å². The summed E-state index contributed by atoms with van der Waals surface area (Å²) in [6.45, 7) is 9.25. The van der Waals surface area contributed by atoms with Gasteiger partial charge in [0.25, 0.3) is 0 Å². The molecule has 3 heterocycles. The molecule has 0 spiro atoms. The second-order valence-electron chi connectivity index (χ2n) is 5.88. The first kappa shape index (κ1) is 15.9. The molecule has 0 unspecified atom stereocenters. The Bertz CT molecular complexity index is 664. The zero-order valence-corrected chi connectivity index (χ0v) is 18.0. The Balaban J connectivity index is 1.88. The van der Waals surface area contributed by atoms with Crippen molar-refractivity contribution < 1.29 is 0 Å². The van der Waals surface area contributed by atoms with Crippen molar-refractivity contribution in [1.82, 2.24) is 0 Å². The molecule has 0 aliphatic heterocycles. The van der Waals surface area contributed by atoms with Crippen molar-refractivity contribution in [2.75, 3.05) is 0 Å². The van der Waals surface area contributed by atoms with Crippen molar-refractivity contribution >= 4 is 43.5 Å². The van der Waals surface area contributed by atoms with Gasteiger partial charge in [-0.05, 0) is 0 Å². The Hall–Kier alpha value is -0.00156. The summed E-state index contributed by atoms with van der Waals surface area (Å²) in [7, 11) is 0. The van der Waals surface area contributed by atoms with E-state index < -0.39 is 0 Å². The van der Waals surface area contributed by atoms with Crippen molar-refractivity contribution in [3.63, 3.8) is 0 Å². The molecule has 0 aliphatic rings. The molecule has 3 aromatic rings. The van der Waals surface area contributed by atoms with Gasteiger partial charge in [-0.25, -0.2) is 0 Å². The normalized spacial score (nSPS) is 11.7. The molecule has 0 N–H and O–H groups in total. The van der Waals surface area contributed by atoms with Crippen LogP contribution in [0.4, 0.5) is 0 Å². The van der Waals surface area contributed by atoms with E-state index in [1.54, 1.807) is 26.6 Å². The summed E-state index contributed by atoms with van der Waals surface area (Å²) in [5.41, 5.74) is 0. The van der Waals surface area contributed by atoms with Gasteiger partial charge in [0.2, 0.25) is 0 Å². The van der Waals surface area contributed by atoms with E-state index in [0.29, 0.717) is 55.3 Å². The summed E-state index contributed by atoms with van der Waals surface area (Å²) >= 11 is 1.67. The van der Waals surface area contributed by atoms with Gasteiger partial charge in [0.15, 0.2) is 0 Å². The monoisotopic (exact) mass is 476 g/mol. The summed E-state index contributed by atoms with van der Waals surface area (Å²) in [6.07, 6.45) is 0. The van der Waals surface area contributed by atoms with E-state index in [2.05, 4.69) is 64.1 Å². The van der Waals surface area contributed by atoms with Crippen molar-refractivity contribution in [1.29, 1.82) is 0 Å². The predicted molar refractivity (Wildman–Crippen MR) is 96.3 cm³/mol. The number of hydrogen-bond acceptors (Lipinski definition) is 0. The third-order valence-electron chi connectivity index (χ3n) is 3.48. The Morgan fingerprint density at radius 2 is 0.857 bits per heavy atom. The summed E-state index contributed by atoms with van der Waals surface area (Å²) in [4.78, 5) is 0. The Kier molecular flexibility index (Phi) is 5.01. The van der Waals surface area contributed by atoms with Gasteiger partial charge in [0.1, 0.15) is 0 Å². The minimum absolute atomic E-state index is 0.529. The van der Waals surface area contributed by atoms with Crippen LogP contribution in [0.3, 0.4) is 0 Å². The fourth-order valence-electron chi connectivity index (χ4n) is 2.19. The summed E-state index contributed by atoms with van der Waals surface area (Å²) < 4.78 is 9.80. The standard InChI is InChI=1S/C18H20Se3/c1-11(2)13-5-7-15(19-13)17-9-10-18(21-17)16-8-6-14(20-16)12(3)4/h5-12H,1-4H3. The van der Waals surface area contributed by atoms with Crippen LogP contribution in [0.15, 0.2) is 36.4 Å². The van der Waals surface area contributed by atoms with E-state index in [1.165, 1.54) is 0 Å². The van der Waals surface area contributed by atoms with Crippen LogP contribution in [-0.2, 0) is 0 Å². The molecule has 0 radical (unpaired) electrons. The second-order valence-corrected chi connectivity index (χ2v) is 12.8. The molecule has 0 fully saturated rings. The van der Waals surface area contributed by atoms with E-state index >= 15 is 0 Å². The zero-order valence-electron chi connectivity index (χ0n) is 12.8. The van der Waals surface area contributed by atoms with E-state index in [1.807, 2.05) is 0 Å². The maximum atomic E-state index is 2.39. The van der Waals surface area contributed by atoms with E-state index in [4.69, 9.17) is 0 Å². The van der Waals surface area contributed by atoms with Gasteiger partial charge < -0.3 is 0 Å². The molecule has 21 heavy (non-hydrogen) atoms. The molecular weight excluding hydrogens is 453 g/mol. The summed E-state index contributed by atoms with van der Waals surface area (Å²) in [5, 5.41) is 0. The molecule has 0 bridgehead atoms. The van der Waals surface area contributed by atoms with Crippen LogP contribution in [0, 0.1) is 0 Å². The fourth-order valence-corrected chi connectivity index (χ4v) is 9.69. The maximum absolute atomic E-state index is 2.39. The average molecular weight is 473 g/mol. The Labute approximate surface area is 145 Å². The number of hydrogen-bond donors (Lipinski definition) is 0. The topological polar surface area (TPSA) is 0 Å². The predicted octanol–water partition coefficient (Wildman–Crippen LogP) is 4.44. The van der Waals surface area contributed by atoms with E-state index in [-0.39, 0.29) is 0 Å². The third kappa shape index (κ3) is 3.50. The Morgan fingerprint density at radius 1 is 0.524 bits per heavy atom. The van der Waals surface area contributed by atoms with Gasteiger partial charge in [0, 0.05) is 0 Å². The third-order valence-corrected chi connectivity index (χ3v) is 13.2. The molecule has 3 heteroatoms. The van der Waals surface area contributed by atoms with Crippen molar-refractivity contribution in [3.05, 3.63) is 45.3 Å². The second kappa shape index (κ2) is 6.63. The van der Waals surface area contributed by atoms with Crippen LogP contribution in [0.2, 0.25) is 0 Å². The van der Waals surface area contributed by atoms with E-state index in [0.717, 1.165) is 0 Å². The van der Waals surface area contributed by atoms with Crippen molar-refractivity contribution in [2.24, 2.45) is 0 Å². The van der Waals surface area contributed by atoms with E-state index in [9.17, 15) is 0 Å². The molecule has 0 aliphatic carbocycles. The van der Waals surface area contributed by atoms with Gasteiger partial charge in [-0.3, -0.25) is 0 Å². The number of rotatable bonds is 4. The first-order valence-corrected chi connectivity index (χ1v) is 12.5. The molecule has 0 aromatic carbocycles. The SMILES string of the molecule is CC(C)c1ccc(-c2ccc(-c3ccc(C(C)C)[se]3)[se]2)[se]1. The minimum atomic E-state index is 0.529. The van der Waals surface area contributed by atoms with Crippen LogP contribution in [-0.4, -0.2) is 43.5 Å². The first-order chi connectivity index (χ1) is 10.0. The molecule has 0 saturated heterocycles. The molecule has 0 atom stereocenters. The molecular formula is C18H20Se3. The average Bonchev–Trinajstić information content (AvgIpc) is 3.18. The zero-order chi connectivity index (χ0) is 15.0. The Morgan fingerprint density at radius 3 is 1.19 bits per heavy atom. The van der Waals surface area contributed by atoms with Gasteiger partial charge in [0.05, 0.1) is 0 Å². The van der Waals surface area contributed by atoms with Gasteiger partial charge >= 0.3 is 146 Å². The molecule has 110 valence electrons. The molecule has 0 nitrogen and oxygen atoms in total. The first-order valence-electron chi connectivity index (χ1n) is 7.34.